The molecule has 3 aliphatic rings. The smallest absolute Gasteiger partial charge is 0.265 e. The molecular formula is C45H60N3O7S2Si+. The number of rotatable bonds is 13. The molecule has 0 spiro atoms. The van der Waals surface area contributed by atoms with Crippen LogP contribution in [0.2, 0.25) is 13.1 Å². The predicted octanol–water partition coefficient (Wildman–Crippen LogP) is 5.19. The van der Waals surface area contributed by atoms with Crippen molar-refractivity contribution in [3.8, 4) is 0 Å². The van der Waals surface area contributed by atoms with Crippen LogP contribution in [0.1, 0.15) is 107 Å². The van der Waals surface area contributed by atoms with Crippen LogP contribution in [0.15, 0.2) is 60.7 Å². The lowest BCUT2D eigenvalue weighted by Crippen LogP contribution is -2.65. The molecule has 3 aromatic rings. The van der Waals surface area contributed by atoms with Gasteiger partial charge in [-0.05, 0) is 114 Å². The van der Waals surface area contributed by atoms with E-state index in [0.717, 1.165) is 68.1 Å². The van der Waals surface area contributed by atoms with Crippen molar-refractivity contribution >= 4 is 67.0 Å². The fraction of sp³-hybridized carbons (Fsp3) is 0.467. The number of anilines is 1. The van der Waals surface area contributed by atoms with Crippen LogP contribution < -0.4 is 30.4 Å². The van der Waals surface area contributed by atoms with E-state index in [1.165, 1.54) is 10.4 Å². The Morgan fingerprint density at radius 1 is 0.810 bits per heavy atom. The molecule has 0 unspecified atom stereocenters. The normalized spacial score (nSPS) is 17.8. The third kappa shape index (κ3) is 8.43. The highest BCUT2D eigenvalue weighted by Gasteiger charge is 2.42. The summed E-state index contributed by atoms with van der Waals surface area (Å²) >= 11 is 0. The van der Waals surface area contributed by atoms with Gasteiger partial charge in [0.15, 0.2) is 5.54 Å². The van der Waals surface area contributed by atoms with Gasteiger partial charge in [-0.3, -0.25) is 13.9 Å². The predicted molar refractivity (Wildman–Crippen MR) is 240 cm³/mol. The third-order valence-electron chi connectivity index (χ3n) is 12.3. The van der Waals surface area contributed by atoms with Crippen molar-refractivity contribution in [1.82, 2.24) is 9.48 Å². The molecule has 10 nitrogen and oxygen atoms in total. The molecule has 0 bridgehead atoms. The Hall–Kier alpha value is -3.88. The van der Waals surface area contributed by atoms with Gasteiger partial charge in [-0.1, -0.05) is 50.7 Å². The van der Waals surface area contributed by atoms with E-state index in [-0.39, 0.29) is 30.3 Å². The third-order valence-corrected chi connectivity index (χ3v) is 17.4. The SMILES string of the molecule is CCCCN(C)C(=O)c1ccccc1C1=c2cc3c(cc2[Si](C)(C)c2cc4c(cc21)C(C)=CC(C)(C)N4CCCS(=O)(=O)O)=[N+](CCCS(=O)(=O)O)C(C)(C)C=C3C. The second-order valence-electron chi connectivity index (χ2n) is 18.0. The Kier molecular flexibility index (Phi) is 11.8. The largest absolute Gasteiger partial charge is 0.362 e. The van der Waals surface area contributed by atoms with Crippen molar-refractivity contribution in [2.75, 3.05) is 43.1 Å². The van der Waals surface area contributed by atoms with Gasteiger partial charge in [0.1, 0.15) is 14.6 Å². The average molecular weight is 847 g/mol. The maximum atomic E-state index is 14.4. The maximum absolute atomic E-state index is 14.4. The van der Waals surface area contributed by atoms with Gasteiger partial charge < -0.3 is 9.80 Å². The van der Waals surface area contributed by atoms with E-state index in [2.05, 4.69) is 114 Å². The number of carbonyl (C=O) groups excluding carboxylic acids is 1. The second-order valence-corrected chi connectivity index (χ2v) is 25.5. The summed E-state index contributed by atoms with van der Waals surface area (Å²) in [6.45, 7) is 21.0. The van der Waals surface area contributed by atoms with Gasteiger partial charge in [0.05, 0.1) is 17.0 Å². The first-order chi connectivity index (χ1) is 26.9. The zero-order valence-electron chi connectivity index (χ0n) is 35.7. The van der Waals surface area contributed by atoms with Crippen LogP contribution in [-0.4, -0.2) is 94.1 Å². The molecule has 312 valence electrons. The first-order valence-corrected chi connectivity index (χ1v) is 26.5. The number of amides is 1. The van der Waals surface area contributed by atoms with Gasteiger partial charge in [-0.2, -0.15) is 16.8 Å². The number of hydrogen-bond donors (Lipinski definition) is 2. The van der Waals surface area contributed by atoms with E-state index in [0.29, 0.717) is 25.2 Å². The van der Waals surface area contributed by atoms with Gasteiger partial charge in [-0.15, -0.1) is 0 Å². The van der Waals surface area contributed by atoms with Crippen LogP contribution in [-0.2, 0) is 20.2 Å². The number of carbonyl (C=O) groups is 1. The molecule has 0 fully saturated rings. The lowest BCUT2D eigenvalue weighted by atomic mass is 9.84. The Bertz CT molecular complexity index is 2610. The molecule has 0 aliphatic carbocycles. The fourth-order valence-corrected chi connectivity index (χ4v) is 13.5. The molecule has 3 aromatic carbocycles. The van der Waals surface area contributed by atoms with Gasteiger partial charge in [0.25, 0.3) is 26.1 Å². The summed E-state index contributed by atoms with van der Waals surface area (Å²) < 4.78 is 68.7. The van der Waals surface area contributed by atoms with Crippen LogP contribution in [0.3, 0.4) is 0 Å². The van der Waals surface area contributed by atoms with Crippen LogP contribution in [0.5, 0.6) is 0 Å². The van der Waals surface area contributed by atoms with Crippen molar-refractivity contribution in [2.24, 2.45) is 0 Å². The lowest BCUT2D eigenvalue weighted by Gasteiger charge is -2.45. The van der Waals surface area contributed by atoms with Crippen molar-refractivity contribution in [3.05, 3.63) is 99.1 Å². The van der Waals surface area contributed by atoms with Crippen LogP contribution >= 0.6 is 0 Å². The minimum Gasteiger partial charge on any atom is -0.362 e. The van der Waals surface area contributed by atoms with E-state index < -0.39 is 39.4 Å². The highest BCUT2D eigenvalue weighted by atomic mass is 32.2. The Labute approximate surface area is 346 Å². The lowest BCUT2D eigenvalue weighted by molar-refractivity contribution is 0.0793. The van der Waals surface area contributed by atoms with Crippen molar-refractivity contribution < 1.29 is 30.7 Å². The standard InChI is InChI=1S/C45H59N3O7S2Si/c1-11-12-19-46(8)43(49)33-18-14-13-17-32(33)42-36-24-34-30(2)28-44(4,5)47(20-15-22-56(50,51)52)38(34)26-40(36)58(9,10)41-27-39-35(25-37(41)42)31(3)29-45(6,7)48(39)21-16-23-57(53,54)55/h13-14,17-18,24-29H,11-12,15-16,19-23H2,1-10H3,(H-,50,51,52,53,54,55)/p+1. The number of hydrogen-bond acceptors (Lipinski definition) is 6. The molecule has 2 N–H and O–H groups in total. The molecule has 0 aromatic heterocycles. The Morgan fingerprint density at radius 3 is 2.10 bits per heavy atom. The van der Waals surface area contributed by atoms with Gasteiger partial charge >= 0.3 is 0 Å². The van der Waals surface area contributed by atoms with Gasteiger partial charge in [0.2, 0.25) is 5.36 Å². The summed E-state index contributed by atoms with van der Waals surface area (Å²) in [4.78, 5) is 18.4. The van der Waals surface area contributed by atoms with E-state index in [1.807, 2.05) is 30.1 Å². The molecule has 1 amide bonds. The number of allylic oxidation sites excluding steroid dienone is 2. The zero-order chi connectivity index (χ0) is 42.7. The number of fused-ring (bicyclic) bond motifs is 4. The van der Waals surface area contributed by atoms with Crippen molar-refractivity contribution in [2.45, 2.75) is 98.3 Å². The molecule has 0 saturated carbocycles. The highest BCUT2D eigenvalue weighted by Crippen LogP contribution is 2.41. The summed E-state index contributed by atoms with van der Waals surface area (Å²) in [5.74, 6) is -0.702. The van der Waals surface area contributed by atoms with E-state index in [1.54, 1.807) is 0 Å². The molecule has 58 heavy (non-hydrogen) atoms. The molecule has 3 heterocycles. The Morgan fingerprint density at radius 2 is 1.45 bits per heavy atom. The summed E-state index contributed by atoms with van der Waals surface area (Å²) in [6.07, 6.45) is 6.83. The molecule has 13 heteroatoms. The molecular weight excluding hydrogens is 787 g/mol. The van der Waals surface area contributed by atoms with Crippen LogP contribution in [0, 0.1) is 0 Å². The zero-order valence-corrected chi connectivity index (χ0v) is 38.4. The summed E-state index contributed by atoms with van der Waals surface area (Å²) in [7, 11) is -9.01. The van der Waals surface area contributed by atoms with Gasteiger partial charge in [0, 0.05) is 68.8 Å². The highest BCUT2D eigenvalue weighted by molar-refractivity contribution is 7.86. The first kappa shape index (κ1) is 43.7. The van der Waals surface area contributed by atoms with E-state index in [4.69, 9.17) is 0 Å². The van der Waals surface area contributed by atoms with Gasteiger partial charge in [-0.25, -0.2) is 4.58 Å². The number of benzene rings is 3. The van der Waals surface area contributed by atoms with Crippen LogP contribution in [0.25, 0.3) is 16.7 Å². The summed E-state index contributed by atoms with van der Waals surface area (Å²) in [5, 5.41) is 4.48. The van der Waals surface area contributed by atoms with E-state index in [9.17, 15) is 30.7 Å². The number of nitrogens with zero attached hydrogens (tertiary/aromatic N) is 3. The molecule has 0 radical (unpaired) electrons. The number of unbranched alkanes of at least 4 members (excludes halogenated alkanes) is 1. The summed E-state index contributed by atoms with van der Waals surface area (Å²) in [6, 6.07) is 17.1. The minimum absolute atomic E-state index is 0.0386. The molecule has 0 atom stereocenters. The van der Waals surface area contributed by atoms with E-state index >= 15 is 0 Å². The minimum atomic E-state index is -4.13. The monoisotopic (exact) mass is 846 g/mol. The summed E-state index contributed by atoms with van der Waals surface area (Å²) in [5.41, 5.74) is 7.98. The maximum Gasteiger partial charge on any atom is 0.265 e. The van der Waals surface area contributed by atoms with Crippen molar-refractivity contribution in [1.29, 1.82) is 0 Å². The first-order valence-electron chi connectivity index (χ1n) is 20.3. The second kappa shape index (κ2) is 15.6. The Balaban J connectivity index is 1.72. The molecule has 6 rings (SSSR count). The quantitative estimate of drug-likeness (QED) is 0.137. The molecule has 0 saturated heterocycles. The topological polar surface area (TPSA) is 135 Å². The van der Waals surface area contributed by atoms with Crippen LogP contribution in [0.4, 0.5) is 5.69 Å². The molecule has 3 aliphatic heterocycles. The van der Waals surface area contributed by atoms with Crippen molar-refractivity contribution in [3.63, 3.8) is 0 Å². The fourth-order valence-electron chi connectivity index (χ4n) is 9.49. The average Bonchev–Trinajstić information content (AvgIpc) is 3.11.